The molecule has 0 saturated carbocycles. The van der Waals surface area contributed by atoms with Crippen molar-refractivity contribution in [2.24, 2.45) is 0 Å². The van der Waals surface area contributed by atoms with Crippen LogP contribution in [0.25, 0.3) is 11.0 Å². The van der Waals surface area contributed by atoms with Gasteiger partial charge in [0, 0.05) is 30.2 Å². The van der Waals surface area contributed by atoms with Gasteiger partial charge in [0.1, 0.15) is 5.58 Å². The number of nitrogens with zero attached hydrogens (tertiary/aromatic N) is 1. The Bertz CT molecular complexity index is 554. The molecule has 16 heavy (non-hydrogen) atoms. The smallest absolute Gasteiger partial charge is 0.371 e. The SMILES string of the molecule is O=C(O)c1cc2ccc(N3CCC3)cc2o1. The molecular formula is C12H11NO3. The van der Waals surface area contributed by atoms with Gasteiger partial charge in [-0.3, -0.25) is 0 Å². The molecule has 1 aromatic heterocycles. The first-order valence-corrected chi connectivity index (χ1v) is 5.26. The minimum absolute atomic E-state index is 0.00393. The summed E-state index contributed by atoms with van der Waals surface area (Å²) in [5.74, 6) is -1.03. The number of furan rings is 1. The lowest BCUT2D eigenvalue weighted by molar-refractivity contribution is 0.0665. The number of anilines is 1. The number of aromatic carboxylic acids is 1. The number of hydrogen-bond donors (Lipinski definition) is 1. The summed E-state index contributed by atoms with van der Waals surface area (Å²) in [5.41, 5.74) is 1.74. The van der Waals surface area contributed by atoms with Crippen molar-refractivity contribution in [3.63, 3.8) is 0 Å². The predicted octanol–water partition coefficient (Wildman–Crippen LogP) is 2.34. The highest BCUT2D eigenvalue weighted by Crippen LogP contribution is 2.27. The van der Waals surface area contributed by atoms with Crippen molar-refractivity contribution in [3.8, 4) is 0 Å². The van der Waals surface area contributed by atoms with E-state index in [1.807, 2.05) is 18.2 Å². The van der Waals surface area contributed by atoms with Gasteiger partial charge in [-0.1, -0.05) is 0 Å². The van der Waals surface area contributed by atoms with Crippen LogP contribution >= 0.6 is 0 Å². The predicted molar refractivity (Wildman–Crippen MR) is 60.0 cm³/mol. The second-order valence-corrected chi connectivity index (χ2v) is 3.98. The van der Waals surface area contributed by atoms with Crippen LogP contribution in [0.4, 0.5) is 5.69 Å². The van der Waals surface area contributed by atoms with Crippen molar-refractivity contribution in [1.29, 1.82) is 0 Å². The molecule has 2 aromatic rings. The van der Waals surface area contributed by atoms with Gasteiger partial charge in [0.2, 0.25) is 5.76 Å². The van der Waals surface area contributed by atoms with Crippen molar-refractivity contribution in [3.05, 3.63) is 30.0 Å². The normalized spacial score (nSPS) is 15.1. The summed E-state index contributed by atoms with van der Waals surface area (Å²) in [6, 6.07) is 7.36. The van der Waals surface area contributed by atoms with E-state index in [1.165, 1.54) is 6.42 Å². The number of carboxylic acids is 1. The summed E-state index contributed by atoms with van der Waals surface area (Å²) in [5, 5.41) is 9.65. The fraction of sp³-hybridized carbons (Fsp3) is 0.250. The lowest BCUT2D eigenvalue weighted by Crippen LogP contribution is -2.36. The molecule has 0 aliphatic carbocycles. The molecule has 1 N–H and O–H groups in total. The second-order valence-electron chi connectivity index (χ2n) is 3.98. The van der Waals surface area contributed by atoms with E-state index in [0.29, 0.717) is 5.58 Å². The molecule has 82 valence electrons. The summed E-state index contributed by atoms with van der Waals surface area (Å²) in [4.78, 5) is 13.0. The maximum Gasteiger partial charge on any atom is 0.371 e. The molecule has 0 amide bonds. The maximum atomic E-state index is 10.8. The minimum atomic E-state index is -1.03. The molecule has 0 bridgehead atoms. The molecule has 1 fully saturated rings. The van der Waals surface area contributed by atoms with E-state index in [9.17, 15) is 4.79 Å². The van der Waals surface area contributed by atoms with Crippen molar-refractivity contribution < 1.29 is 14.3 Å². The quantitative estimate of drug-likeness (QED) is 0.838. The Morgan fingerprint density at radius 1 is 1.31 bits per heavy atom. The van der Waals surface area contributed by atoms with Crippen LogP contribution in [0.1, 0.15) is 17.0 Å². The lowest BCUT2D eigenvalue weighted by atomic mass is 10.1. The first-order chi connectivity index (χ1) is 7.74. The van der Waals surface area contributed by atoms with Crippen LogP contribution < -0.4 is 4.90 Å². The van der Waals surface area contributed by atoms with Crippen LogP contribution in [0, 0.1) is 0 Å². The zero-order chi connectivity index (χ0) is 11.1. The van der Waals surface area contributed by atoms with E-state index in [4.69, 9.17) is 9.52 Å². The molecule has 2 heterocycles. The number of benzene rings is 1. The molecule has 1 aromatic carbocycles. The molecule has 3 rings (SSSR count). The van der Waals surface area contributed by atoms with E-state index in [0.717, 1.165) is 24.2 Å². The second kappa shape index (κ2) is 3.27. The van der Waals surface area contributed by atoms with Crippen molar-refractivity contribution >= 4 is 22.6 Å². The lowest BCUT2D eigenvalue weighted by Gasteiger charge is -2.33. The summed E-state index contributed by atoms with van der Waals surface area (Å²) < 4.78 is 5.26. The van der Waals surface area contributed by atoms with Gasteiger partial charge in [0.05, 0.1) is 0 Å². The Hall–Kier alpha value is -1.97. The Morgan fingerprint density at radius 3 is 2.75 bits per heavy atom. The Labute approximate surface area is 92.1 Å². The summed E-state index contributed by atoms with van der Waals surface area (Å²) in [7, 11) is 0. The van der Waals surface area contributed by atoms with Crippen LogP contribution in [0.15, 0.2) is 28.7 Å². The molecule has 0 spiro atoms. The third-order valence-electron chi connectivity index (χ3n) is 2.94. The number of fused-ring (bicyclic) bond motifs is 1. The van der Waals surface area contributed by atoms with Crippen LogP contribution in [0.5, 0.6) is 0 Å². The topological polar surface area (TPSA) is 53.7 Å². The Kier molecular flexibility index (Phi) is 1.89. The van der Waals surface area contributed by atoms with Gasteiger partial charge in [-0.15, -0.1) is 0 Å². The number of rotatable bonds is 2. The molecule has 0 atom stereocenters. The molecule has 0 radical (unpaired) electrons. The van der Waals surface area contributed by atoms with E-state index >= 15 is 0 Å². The standard InChI is InChI=1S/C12H11NO3/c14-12(15)11-6-8-2-3-9(7-10(8)16-11)13-4-1-5-13/h2-3,6-7H,1,4-5H2,(H,14,15). The van der Waals surface area contributed by atoms with Gasteiger partial charge in [0.25, 0.3) is 0 Å². The number of carbonyl (C=O) groups is 1. The highest BCUT2D eigenvalue weighted by molar-refractivity contribution is 5.92. The van der Waals surface area contributed by atoms with Crippen LogP contribution in [-0.4, -0.2) is 24.2 Å². The Balaban J connectivity index is 2.06. The van der Waals surface area contributed by atoms with Crippen LogP contribution in [0.3, 0.4) is 0 Å². The molecular weight excluding hydrogens is 206 g/mol. The zero-order valence-electron chi connectivity index (χ0n) is 8.64. The van der Waals surface area contributed by atoms with Crippen molar-refractivity contribution in [2.75, 3.05) is 18.0 Å². The van der Waals surface area contributed by atoms with Gasteiger partial charge >= 0.3 is 5.97 Å². The van der Waals surface area contributed by atoms with Crippen molar-refractivity contribution in [2.45, 2.75) is 6.42 Å². The maximum absolute atomic E-state index is 10.8. The van der Waals surface area contributed by atoms with Crippen LogP contribution in [0.2, 0.25) is 0 Å². The van der Waals surface area contributed by atoms with E-state index < -0.39 is 5.97 Å². The van der Waals surface area contributed by atoms with Gasteiger partial charge in [-0.25, -0.2) is 4.79 Å². The highest BCUT2D eigenvalue weighted by atomic mass is 16.4. The molecule has 4 nitrogen and oxygen atoms in total. The average molecular weight is 217 g/mol. The van der Waals surface area contributed by atoms with E-state index in [2.05, 4.69) is 4.90 Å². The van der Waals surface area contributed by atoms with Gasteiger partial charge in [-0.2, -0.15) is 0 Å². The largest absolute Gasteiger partial charge is 0.475 e. The van der Waals surface area contributed by atoms with Crippen molar-refractivity contribution in [1.82, 2.24) is 0 Å². The summed E-state index contributed by atoms with van der Waals surface area (Å²) in [6.45, 7) is 2.13. The Morgan fingerprint density at radius 2 is 2.12 bits per heavy atom. The fourth-order valence-electron chi connectivity index (χ4n) is 1.90. The molecule has 4 heteroatoms. The van der Waals surface area contributed by atoms with Gasteiger partial charge < -0.3 is 14.4 Å². The highest BCUT2D eigenvalue weighted by Gasteiger charge is 2.16. The summed E-state index contributed by atoms with van der Waals surface area (Å²) in [6.07, 6.45) is 1.22. The van der Waals surface area contributed by atoms with Gasteiger partial charge in [-0.05, 0) is 24.6 Å². The monoisotopic (exact) mass is 217 g/mol. The number of carboxylic acid groups (broad SMARTS) is 1. The molecule has 1 aliphatic heterocycles. The average Bonchev–Trinajstić information content (AvgIpc) is 2.57. The number of hydrogen-bond acceptors (Lipinski definition) is 3. The van der Waals surface area contributed by atoms with Gasteiger partial charge in [0.15, 0.2) is 0 Å². The van der Waals surface area contributed by atoms with E-state index in [1.54, 1.807) is 6.07 Å². The molecule has 1 aliphatic rings. The van der Waals surface area contributed by atoms with Crippen LogP contribution in [-0.2, 0) is 0 Å². The van der Waals surface area contributed by atoms with E-state index in [-0.39, 0.29) is 5.76 Å². The third-order valence-corrected chi connectivity index (χ3v) is 2.94. The fourth-order valence-corrected chi connectivity index (χ4v) is 1.90. The zero-order valence-corrected chi connectivity index (χ0v) is 8.64. The minimum Gasteiger partial charge on any atom is -0.475 e. The first kappa shape index (κ1) is 9.27. The third kappa shape index (κ3) is 1.34. The first-order valence-electron chi connectivity index (χ1n) is 5.26. The molecule has 0 unspecified atom stereocenters. The molecule has 1 saturated heterocycles. The summed E-state index contributed by atoms with van der Waals surface area (Å²) >= 11 is 0.